The Labute approximate surface area is 115 Å². The summed E-state index contributed by atoms with van der Waals surface area (Å²) >= 11 is 5.59. The van der Waals surface area contributed by atoms with E-state index in [9.17, 15) is 9.59 Å². The van der Waals surface area contributed by atoms with Crippen LogP contribution in [0.4, 0.5) is 0 Å². The number of halogens is 1. The summed E-state index contributed by atoms with van der Waals surface area (Å²) in [5.41, 5.74) is 0.213. The minimum Gasteiger partial charge on any atom is -0.481 e. The molecule has 1 amide bonds. The van der Waals surface area contributed by atoms with Crippen LogP contribution < -0.4 is 5.32 Å². The standard InChI is InChI=1S/C12H14ClN3O3/c13-10-6-5-9(15-16-10)11(17)14-8-3-1-7(2-4-8)12(18)19/h5-8H,1-4H2,(H,14,17)(H,18,19). The zero-order valence-electron chi connectivity index (χ0n) is 10.2. The number of carbonyl (C=O) groups excluding carboxylic acids is 1. The van der Waals surface area contributed by atoms with Gasteiger partial charge in [0.15, 0.2) is 10.8 Å². The smallest absolute Gasteiger partial charge is 0.306 e. The van der Waals surface area contributed by atoms with Gasteiger partial charge in [0, 0.05) is 6.04 Å². The molecule has 0 spiro atoms. The fourth-order valence-corrected chi connectivity index (χ4v) is 2.28. The molecule has 0 radical (unpaired) electrons. The molecule has 2 rings (SSSR count). The van der Waals surface area contributed by atoms with Crippen LogP contribution in [-0.4, -0.2) is 33.2 Å². The van der Waals surface area contributed by atoms with E-state index >= 15 is 0 Å². The number of nitrogens with zero attached hydrogens (tertiary/aromatic N) is 2. The molecule has 1 fully saturated rings. The molecule has 1 heterocycles. The van der Waals surface area contributed by atoms with Crippen molar-refractivity contribution >= 4 is 23.5 Å². The lowest BCUT2D eigenvalue weighted by molar-refractivity contribution is -0.142. The van der Waals surface area contributed by atoms with Crippen molar-refractivity contribution in [3.8, 4) is 0 Å². The fourth-order valence-electron chi connectivity index (χ4n) is 2.18. The average molecular weight is 284 g/mol. The van der Waals surface area contributed by atoms with E-state index in [1.165, 1.54) is 12.1 Å². The van der Waals surface area contributed by atoms with Gasteiger partial charge in [-0.1, -0.05) is 11.6 Å². The second kappa shape index (κ2) is 5.97. The van der Waals surface area contributed by atoms with Crippen LogP contribution in [0.25, 0.3) is 0 Å². The van der Waals surface area contributed by atoms with Crippen molar-refractivity contribution in [2.24, 2.45) is 5.92 Å². The molecule has 1 saturated carbocycles. The van der Waals surface area contributed by atoms with E-state index in [1.54, 1.807) is 0 Å². The van der Waals surface area contributed by atoms with Gasteiger partial charge in [-0.15, -0.1) is 10.2 Å². The number of carbonyl (C=O) groups is 2. The maximum Gasteiger partial charge on any atom is 0.306 e. The van der Waals surface area contributed by atoms with Crippen molar-refractivity contribution in [2.75, 3.05) is 0 Å². The minimum absolute atomic E-state index is 0.000535. The highest BCUT2D eigenvalue weighted by molar-refractivity contribution is 6.29. The Bertz CT molecular complexity index is 470. The Morgan fingerprint density at radius 1 is 1.21 bits per heavy atom. The first-order chi connectivity index (χ1) is 9.06. The van der Waals surface area contributed by atoms with Gasteiger partial charge in [-0.2, -0.15) is 0 Å². The lowest BCUT2D eigenvalue weighted by Gasteiger charge is -2.26. The molecule has 0 saturated heterocycles. The third-order valence-electron chi connectivity index (χ3n) is 3.28. The molecule has 1 aromatic heterocycles. The molecule has 0 aromatic carbocycles. The molecule has 0 unspecified atom stereocenters. The topological polar surface area (TPSA) is 92.2 Å². The lowest BCUT2D eigenvalue weighted by Crippen LogP contribution is -2.39. The molecule has 1 aliphatic carbocycles. The SMILES string of the molecule is O=C(NC1CCC(C(=O)O)CC1)c1ccc(Cl)nn1. The van der Waals surface area contributed by atoms with Crippen molar-refractivity contribution in [2.45, 2.75) is 31.7 Å². The summed E-state index contributed by atoms with van der Waals surface area (Å²) < 4.78 is 0. The van der Waals surface area contributed by atoms with Crippen molar-refractivity contribution in [1.29, 1.82) is 0 Å². The molecule has 19 heavy (non-hydrogen) atoms. The van der Waals surface area contributed by atoms with Gasteiger partial charge >= 0.3 is 5.97 Å². The molecule has 2 N–H and O–H groups in total. The van der Waals surface area contributed by atoms with Gasteiger partial charge in [-0.3, -0.25) is 9.59 Å². The van der Waals surface area contributed by atoms with Gasteiger partial charge in [0.25, 0.3) is 5.91 Å². The predicted octanol–water partition coefficient (Wildman–Crippen LogP) is 1.50. The van der Waals surface area contributed by atoms with Crippen LogP contribution in [0.1, 0.15) is 36.2 Å². The Morgan fingerprint density at radius 3 is 2.42 bits per heavy atom. The van der Waals surface area contributed by atoms with Crippen LogP contribution in [0.2, 0.25) is 5.15 Å². The Morgan fingerprint density at radius 2 is 1.89 bits per heavy atom. The number of carboxylic acids is 1. The molecule has 1 aliphatic rings. The zero-order chi connectivity index (χ0) is 13.8. The highest BCUT2D eigenvalue weighted by Gasteiger charge is 2.27. The summed E-state index contributed by atoms with van der Waals surface area (Å²) in [7, 11) is 0. The molecule has 6 nitrogen and oxygen atoms in total. The van der Waals surface area contributed by atoms with Crippen LogP contribution in [0.3, 0.4) is 0 Å². The number of rotatable bonds is 3. The summed E-state index contributed by atoms with van der Waals surface area (Å²) in [6.07, 6.45) is 2.52. The van der Waals surface area contributed by atoms with Crippen LogP contribution in [0.15, 0.2) is 12.1 Å². The van der Waals surface area contributed by atoms with Crippen LogP contribution in [0.5, 0.6) is 0 Å². The van der Waals surface area contributed by atoms with E-state index < -0.39 is 5.97 Å². The first kappa shape index (κ1) is 13.7. The Kier molecular flexibility index (Phi) is 4.31. The monoisotopic (exact) mass is 283 g/mol. The van der Waals surface area contributed by atoms with E-state index in [0.717, 1.165) is 0 Å². The van der Waals surface area contributed by atoms with Crippen molar-refractivity contribution in [1.82, 2.24) is 15.5 Å². The van der Waals surface area contributed by atoms with Crippen LogP contribution in [0, 0.1) is 5.92 Å². The quantitative estimate of drug-likeness (QED) is 0.877. The van der Waals surface area contributed by atoms with E-state index in [1.807, 2.05) is 0 Å². The second-order valence-electron chi connectivity index (χ2n) is 4.60. The van der Waals surface area contributed by atoms with Gasteiger partial charge in [0.1, 0.15) is 0 Å². The molecule has 1 aromatic rings. The van der Waals surface area contributed by atoms with Crippen molar-refractivity contribution in [3.63, 3.8) is 0 Å². The Balaban J connectivity index is 1.87. The van der Waals surface area contributed by atoms with E-state index in [4.69, 9.17) is 16.7 Å². The van der Waals surface area contributed by atoms with Gasteiger partial charge in [-0.25, -0.2) is 0 Å². The summed E-state index contributed by atoms with van der Waals surface area (Å²) in [4.78, 5) is 22.7. The highest BCUT2D eigenvalue weighted by Crippen LogP contribution is 2.24. The summed E-state index contributed by atoms with van der Waals surface area (Å²) in [5, 5.41) is 19.3. The third-order valence-corrected chi connectivity index (χ3v) is 3.48. The van der Waals surface area contributed by atoms with E-state index in [-0.39, 0.29) is 28.7 Å². The third kappa shape index (κ3) is 3.64. The summed E-state index contributed by atoms with van der Waals surface area (Å²) in [5.74, 6) is -1.35. The fraction of sp³-hybridized carbons (Fsp3) is 0.500. The molecular weight excluding hydrogens is 270 g/mol. The summed E-state index contributed by atoms with van der Waals surface area (Å²) in [6, 6.07) is 3.01. The second-order valence-corrected chi connectivity index (χ2v) is 4.99. The average Bonchev–Trinajstić information content (AvgIpc) is 2.40. The van der Waals surface area contributed by atoms with Gasteiger partial charge < -0.3 is 10.4 Å². The van der Waals surface area contributed by atoms with Crippen molar-refractivity contribution in [3.05, 3.63) is 23.0 Å². The van der Waals surface area contributed by atoms with Gasteiger partial charge in [0.2, 0.25) is 0 Å². The van der Waals surface area contributed by atoms with Crippen LogP contribution >= 0.6 is 11.6 Å². The zero-order valence-corrected chi connectivity index (χ0v) is 10.9. The number of amides is 1. The number of nitrogens with one attached hydrogen (secondary N) is 1. The largest absolute Gasteiger partial charge is 0.481 e. The minimum atomic E-state index is -0.756. The molecule has 0 atom stereocenters. The maximum atomic E-state index is 11.9. The first-order valence-electron chi connectivity index (χ1n) is 6.09. The van der Waals surface area contributed by atoms with E-state index in [2.05, 4.69) is 15.5 Å². The molecule has 7 heteroatoms. The number of carboxylic acid groups (broad SMARTS) is 1. The van der Waals surface area contributed by atoms with Gasteiger partial charge in [0.05, 0.1) is 5.92 Å². The maximum absolute atomic E-state index is 11.9. The lowest BCUT2D eigenvalue weighted by atomic mass is 9.86. The molecule has 0 bridgehead atoms. The van der Waals surface area contributed by atoms with Crippen LogP contribution in [-0.2, 0) is 4.79 Å². The Hall–Kier alpha value is -1.69. The highest BCUT2D eigenvalue weighted by atomic mass is 35.5. The number of aliphatic carboxylic acids is 1. The van der Waals surface area contributed by atoms with E-state index in [0.29, 0.717) is 25.7 Å². The first-order valence-corrected chi connectivity index (χ1v) is 6.47. The number of hydrogen-bond acceptors (Lipinski definition) is 4. The van der Waals surface area contributed by atoms with Gasteiger partial charge in [-0.05, 0) is 37.8 Å². The number of hydrogen-bond donors (Lipinski definition) is 2. The normalized spacial score (nSPS) is 22.8. The molecule has 0 aliphatic heterocycles. The van der Waals surface area contributed by atoms with Crippen molar-refractivity contribution < 1.29 is 14.7 Å². The molecule has 102 valence electrons. The number of aromatic nitrogens is 2. The molecular formula is C12H14ClN3O3. The summed E-state index contributed by atoms with van der Waals surface area (Å²) in [6.45, 7) is 0. The predicted molar refractivity (Wildman–Crippen MR) is 67.9 cm³/mol.